The Kier molecular flexibility index (Phi) is 3.61. The van der Waals surface area contributed by atoms with Crippen molar-refractivity contribution in [3.05, 3.63) is 59.9 Å². The number of nitrogens with zero attached hydrogens (tertiary/aromatic N) is 1. The summed E-state index contributed by atoms with van der Waals surface area (Å²) in [5, 5.41) is 2.49. The van der Waals surface area contributed by atoms with Gasteiger partial charge in [-0.1, -0.05) is 18.2 Å². The van der Waals surface area contributed by atoms with E-state index in [1.807, 2.05) is 0 Å². The van der Waals surface area contributed by atoms with Crippen LogP contribution in [0.4, 0.5) is 10.1 Å². The summed E-state index contributed by atoms with van der Waals surface area (Å²) < 4.78 is 38.3. The second kappa shape index (κ2) is 5.47. The van der Waals surface area contributed by atoms with E-state index in [-0.39, 0.29) is 5.56 Å². The van der Waals surface area contributed by atoms with Crippen LogP contribution in [0, 0.1) is 5.82 Å². The molecule has 0 spiro atoms. The van der Waals surface area contributed by atoms with E-state index in [2.05, 4.69) is 5.32 Å². The number of para-hydroxylation sites is 1. The van der Waals surface area contributed by atoms with Crippen molar-refractivity contribution < 1.29 is 22.4 Å². The Morgan fingerprint density at radius 2 is 1.83 bits per heavy atom. The number of fused-ring (bicyclic) bond motifs is 1. The van der Waals surface area contributed by atoms with Crippen molar-refractivity contribution in [3.63, 3.8) is 0 Å². The van der Waals surface area contributed by atoms with Crippen LogP contribution < -0.4 is 5.32 Å². The third-order valence-electron chi connectivity index (χ3n) is 3.31. The van der Waals surface area contributed by atoms with Gasteiger partial charge in [0.05, 0.1) is 5.56 Å². The number of rotatable bonds is 3. The Bertz CT molecular complexity index is 897. The molecule has 2 amide bonds. The molecular formula is C15H11FN2O4S. The van der Waals surface area contributed by atoms with Crippen LogP contribution in [0.15, 0.2) is 53.4 Å². The summed E-state index contributed by atoms with van der Waals surface area (Å²) in [4.78, 5) is 23.7. The number of halogens is 1. The zero-order valence-electron chi connectivity index (χ0n) is 11.7. The van der Waals surface area contributed by atoms with Gasteiger partial charge in [-0.3, -0.25) is 9.59 Å². The van der Waals surface area contributed by atoms with Gasteiger partial charge in [0.25, 0.3) is 15.9 Å². The fourth-order valence-corrected chi connectivity index (χ4v) is 3.79. The number of benzene rings is 2. The minimum absolute atomic E-state index is 0.140. The molecule has 0 aliphatic carbocycles. The van der Waals surface area contributed by atoms with Crippen LogP contribution in [-0.4, -0.2) is 31.1 Å². The maximum absolute atomic E-state index is 13.2. The molecule has 3 rings (SSSR count). The molecule has 0 bridgehead atoms. The van der Waals surface area contributed by atoms with Gasteiger partial charge in [-0.05, 0) is 30.3 Å². The molecule has 1 N–H and O–H groups in total. The minimum Gasteiger partial charge on any atom is -0.325 e. The molecule has 1 heterocycles. The molecule has 8 heteroatoms. The lowest BCUT2D eigenvalue weighted by atomic mass is 10.2. The summed E-state index contributed by atoms with van der Waals surface area (Å²) in [6.45, 7) is -0.674. The molecule has 2 aromatic carbocycles. The molecule has 2 aromatic rings. The second-order valence-electron chi connectivity index (χ2n) is 4.87. The van der Waals surface area contributed by atoms with Gasteiger partial charge in [-0.15, -0.1) is 0 Å². The molecule has 0 saturated carbocycles. The molecule has 0 radical (unpaired) electrons. The molecule has 6 nitrogen and oxygen atoms in total. The van der Waals surface area contributed by atoms with Crippen molar-refractivity contribution in [1.29, 1.82) is 0 Å². The molecule has 0 saturated heterocycles. The van der Waals surface area contributed by atoms with Crippen molar-refractivity contribution in [2.45, 2.75) is 4.90 Å². The van der Waals surface area contributed by atoms with Gasteiger partial charge < -0.3 is 5.32 Å². The van der Waals surface area contributed by atoms with Crippen LogP contribution in [0.1, 0.15) is 10.4 Å². The third-order valence-corrected chi connectivity index (χ3v) is 5.08. The largest absolute Gasteiger partial charge is 0.325 e. The Balaban J connectivity index is 1.84. The van der Waals surface area contributed by atoms with Crippen molar-refractivity contribution in [3.8, 4) is 0 Å². The summed E-state index contributed by atoms with van der Waals surface area (Å²) in [6, 6.07) is 11.3. The highest BCUT2D eigenvalue weighted by molar-refractivity contribution is 7.90. The summed E-state index contributed by atoms with van der Waals surface area (Å²) >= 11 is 0. The predicted octanol–water partition coefficient (Wildman–Crippen LogP) is 1.61. The van der Waals surface area contributed by atoms with Crippen molar-refractivity contribution in [1.82, 2.24) is 4.31 Å². The number of carbonyl (C=O) groups excluding carboxylic acids is 2. The number of nitrogens with one attached hydrogen (secondary N) is 1. The van der Waals surface area contributed by atoms with E-state index in [1.54, 1.807) is 30.3 Å². The van der Waals surface area contributed by atoms with Crippen LogP contribution >= 0.6 is 0 Å². The first kappa shape index (κ1) is 15.2. The molecule has 118 valence electrons. The van der Waals surface area contributed by atoms with Crippen molar-refractivity contribution in [2.75, 3.05) is 11.9 Å². The van der Waals surface area contributed by atoms with Crippen LogP contribution in [0.3, 0.4) is 0 Å². The molecule has 0 unspecified atom stereocenters. The Hall–Kier alpha value is -2.74. The number of sulfonamides is 1. The maximum Gasteiger partial charge on any atom is 0.269 e. The highest BCUT2D eigenvalue weighted by Gasteiger charge is 2.42. The Labute approximate surface area is 131 Å². The molecule has 0 aromatic heterocycles. The van der Waals surface area contributed by atoms with E-state index in [0.29, 0.717) is 9.99 Å². The summed E-state index contributed by atoms with van der Waals surface area (Å²) in [6.07, 6.45) is 0. The number of hydrogen-bond acceptors (Lipinski definition) is 4. The van der Waals surface area contributed by atoms with E-state index in [0.717, 1.165) is 18.2 Å². The van der Waals surface area contributed by atoms with E-state index < -0.39 is 39.1 Å². The zero-order valence-corrected chi connectivity index (χ0v) is 12.5. The van der Waals surface area contributed by atoms with Gasteiger partial charge >= 0.3 is 0 Å². The smallest absolute Gasteiger partial charge is 0.269 e. The predicted molar refractivity (Wildman–Crippen MR) is 79.7 cm³/mol. The summed E-state index contributed by atoms with van der Waals surface area (Å²) in [5.41, 5.74) is 0.337. The van der Waals surface area contributed by atoms with Gasteiger partial charge in [0.2, 0.25) is 5.91 Å². The van der Waals surface area contributed by atoms with E-state index in [9.17, 15) is 22.4 Å². The quantitative estimate of drug-likeness (QED) is 0.924. The standard InChI is InChI=1S/C15H11FN2O4S/c16-10-6-7-12-13(8-10)23(21,22)18(15(12)20)9-14(19)17-11-4-2-1-3-5-11/h1-8H,9H2,(H,17,19). The average molecular weight is 334 g/mol. The normalized spacial score (nSPS) is 15.3. The molecule has 0 fully saturated rings. The van der Waals surface area contributed by atoms with Crippen LogP contribution in [0.25, 0.3) is 0 Å². The monoisotopic (exact) mass is 334 g/mol. The van der Waals surface area contributed by atoms with E-state index >= 15 is 0 Å². The lowest BCUT2D eigenvalue weighted by Gasteiger charge is -2.14. The van der Waals surface area contributed by atoms with Crippen LogP contribution in [0.2, 0.25) is 0 Å². The summed E-state index contributed by atoms with van der Waals surface area (Å²) in [7, 11) is -4.22. The van der Waals surface area contributed by atoms with Crippen LogP contribution in [0.5, 0.6) is 0 Å². The summed E-state index contributed by atoms with van der Waals surface area (Å²) in [5.74, 6) is -2.28. The number of anilines is 1. The maximum atomic E-state index is 13.2. The first-order chi connectivity index (χ1) is 10.9. The van der Waals surface area contributed by atoms with Gasteiger partial charge in [0.15, 0.2) is 0 Å². The fourth-order valence-electron chi connectivity index (χ4n) is 2.26. The Morgan fingerprint density at radius 3 is 2.52 bits per heavy atom. The highest BCUT2D eigenvalue weighted by atomic mass is 32.2. The topological polar surface area (TPSA) is 83.6 Å². The Morgan fingerprint density at radius 1 is 1.13 bits per heavy atom. The molecule has 0 atom stereocenters. The van der Waals surface area contributed by atoms with Gasteiger partial charge in [-0.2, -0.15) is 0 Å². The lowest BCUT2D eigenvalue weighted by molar-refractivity contribution is -0.116. The van der Waals surface area contributed by atoms with Gasteiger partial charge in [0, 0.05) is 5.69 Å². The second-order valence-corrected chi connectivity index (χ2v) is 6.70. The molecule has 1 aliphatic rings. The van der Waals surface area contributed by atoms with Gasteiger partial charge in [0.1, 0.15) is 17.3 Å². The van der Waals surface area contributed by atoms with E-state index in [4.69, 9.17) is 0 Å². The number of carbonyl (C=O) groups is 2. The first-order valence-corrected chi connectivity index (χ1v) is 8.05. The fraction of sp³-hybridized carbons (Fsp3) is 0.0667. The lowest BCUT2D eigenvalue weighted by Crippen LogP contribution is -2.37. The average Bonchev–Trinajstić information content (AvgIpc) is 2.69. The first-order valence-electron chi connectivity index (χ1n) is 6.61. The zero-order chi connectivity index (χ0) is 16.6. The van der Waals surface area contributed by atoms with Crippen LogP contribution in [-0.2, 0) is 14.8 Å². The highest BCUT2D eigenvalue weighted by Crippen LogP contribution is 2.30. The van der Waals surface area contributed by atoms with Gasteiger partial charge in [-0.25, -0.2) is 17.1 Å². The van der Waals surface area contributed by atoms with Crippen molar-refractivity contribution >= 4 is 27.5 Å². The third kappa shape index (κ3) is 2.68. The number of hydrogen-bond donors (Lipinski definition) is 1. The molecule has 23 heavy (non-hydrogen) atoms. The SMILES string of the molecule is O=C(CN1C(=O)c2ccc(F)cc2S1(=O)=O)Nc1ccccc1. The number of amides is 2. The molecular weight excluding hydrogens is 323 g/mol. The van der Waals surface area contributed by atoms with E-state index in [1.165, 1.54) is 0 Å². The minimum atomic E-state index is -4.22. The van der Waals surface area contributed by atoms with Crippen molar-refractivity contribution in [2.24, 2.45) is 0 Å². The molecule has 1 aliphatic heterocycles.